The van der Waals surface area contributed by atoms with Crippen LogP contribution in [0, 0.1) is 13.8 Å². The van der Waals surface area contributed by atoms with Gasteiger partial charge in [-0.25, -0.2) is 18.7 Å². The SMILES string of the molecule is Cc1noc(C)c1CN1CCN(c2ccc3ncnc(OCC(F)F)c3c2)CC1. The smallest absolute Gasteiger partial charge is 0.272 e. The zero-order chi connectivity index (χ0) is 20.4. The Kier molecular flexibility index (Phi) is 5.57. The second-order valence-corrected chi connectivity index (χ2v) is 7.15. The number of anilines is 1. The monoisotopic (exact) mass is 403 g/mol. The molecule has 1 saturated heterocycles. The van der Waals surface area contributed by atoms with Gasteiger partial charge >= 0.3 is 0 Å². The van der Waals surface area contributed by atoms with Gasteiger partial charge < -0.3 is 14.2 Å². The van der Waals surface area contributed by atoms with Crippen LogP contribution in [-0.4, -0.2) is 59.2 Å². The molecular weight excluding hydrogens is 380 g/mol. The number of aryl methyl sites for hydroxylation is 2. The number of fused-ring (bicyclic) bond motifs is 1. The van der Waals surface area contributed by atoms with Gasteiger partial charge in [0.15, 0.2) is 6.61 Å². The largest absolute Gasteiger partial charge is 0.471 e. The summed E-state index contributed by atoms with van der Waals surface area (Å²) in [6, 6.07) is 5.79. The van der Waals surface area contributed by atoms with E-state index in [1.165, 1.54) is 6.33 Å². The van der Waals surface area contributed by atoms with E-state index >= 15 is 0 Å². The first-order chi connectivity index (χ1) is 14.0. The summed E-state index contributed by atoms with van der Waals surface area (Å²) < 4.78 is 35.5. The molecular formula is C20H23F2N5O2. The van der Waals surface area contributed by atoms with E-state index in [0.717, 1.165) is 55.4 Å². The zero-order valence-electron chi connectivity index (χ0n) is 16.4. The highest BCUT2D eigenvalue weighted by atomic mass is 19.3. The van der Waals surface area contributed by atoms with Crippen LogP contribution in [0.3, 0.4) is 0 Å². The molecule has 154 valence electrons. The van der Waals surface area contributed by atoms with E-state index in [9.17, 15) is 8.78 Å². The normalized spacial score (nSPS) is 15.4. The summed E-state index contributed by atoms with van der Waals surface area (Å²) in [6.07, 6.45) is -1.22. The number of aromatic nitrogens is 3. The standard InChI is InChI=1S/C20H23F2N5O2/c1-13-17(14(2)29-25-13)10-26-5-7-27(8-6-26)15-3-4-18-16(9-15)20(24-12-23-18)28-11-19(21)22/h3-4,9,12,19H,5-8,10-11H2,1-2H3. The molecule has 0 N–H and O–H groups in total. The van der Waals surface area contributed by atoms with E-state index in [4.69, 9.17) is 9.26 Å². The lowest BCUT2D eigenvalue weighted by atomic mass is 10.1. The van der Waals surface area contributed by atoms with Crippen LogP contribution in [0.2, 0.25) is 0 Å². The summed E-state index contributed by atoms with van der Waals surface area (Å²) in [5.74, 6) is 1.06. The van der Waals surface area contributed by atoms with Gasteiger partial charge in [-0.1, -0.05) is 5.16 Å². The van der Waals surface area contributed by atoms with Crippen LogP contribution in [0.15, 0.2) is 29.0 Å². The number of halogens is 2. The van der Waals surface area contributed by atoms with Gasteiger partial charge in [-0.2, -0.15) is 0 Å². The molecule has 0 unspecified atom stereocenters. The Labute approximate surface area is 167 Å². The molecule has 3 heterocycles. The average Bonchev–Trinajstić information content (AvgIpc) is 3.04. The van der Waals surface area contributed by atoms with Crippen molar-refractivity contribution in [1.82, 2.24) is 20.0 Å². The molecule has 2 aromatic heterocycles. The molecule has 0 aliphatic carbocycles. The summed E-state index contributed by atoms with van der Waals surface area (Å²) >= 11 is 0. The fourth-order valence-corrected chi connectivity index (χ4v) is 3.59. The first kappa shape index (κ1) is 19.5. The third-order valence-electron chi connectivity index (χ3n) is 5.23. The molecule has 29 heavy (non-hydrogen) atoms. The minimum Gasteiger partial charge on any atom is -0.471 e. The maximum Gasteiger partial charge on any atom is 0.272 e. The third kappa shape index (κ3) is 4.29. The van der Waals surface area contributed by atoms with Crippen LogP contribution in [0.5, 0.6) is 5.88 Å². The number of piperazine rings is 1. The van der Waals surface area contributed by atoms with Crippen molar-refractivity contribution in [2.45, 2.75) is 26.8 Å². The van der Waals surface area contributed by atoms with Crippen molar-refractivity contribution >= 4 is 16.6 Å². The van der Waals surface area contributed by atoms with Crippen LogP contribution < -0.4 is 9.64 Å². The van der Waals surface area contributed by atoms with Crippen molar-refractivity contribution in [3.05, 3.63) is 41.5 Å². The van der Waals surface area contributed by atoms with Crippen LogP contribution in [-0.2, 0) is 6.54 Å². The number of hydrogen-bond acceptors (Lipinski definition) is 7. The highest BCUT2D eigenvalue weighted by molar-refractivity contribution is 5.86. The second kappa shape index (κ2) is 8.28. The zero-order valence-corrected chi connectivity index (χ0v) is 16.4. The molecule has 1 fully saturated rings. The molecule has 1 aromatic carbocycles. The molecule has 4 rings (SSSR count). The van der Waals surface area contributed by atoms with Gasteiger partial charge in [-0.05, 0) is 32.0 Å². The minimum atomic E-state index is -2.55. The molecule has 7 nitrogen and oxygen atoms in total. The van der Waals surface area contributed by atoms with Crippen LogP contribution >= 0.6 is 0 Å². The lowest BCUT2D eigenvalue weighted by molar-refractivity contribution is 0.0804. The quantitative estimate of drug-likeness (QED) is 0.626. The molecule has 0 bridgehead atoms. The molecule has 3 aromatic rings. The Hall–Kier alpha value is -2.81. The van der Waals surface area contributed by atoms with Crippen molar-refractivity contribution in [2.24, 2.45) is 0 Å². The highest BCUT2D eigenvalue weighted by Crippen LogP contribution is 2.28. The molecule has 0 radical (unpaired) electrons. The van der Waals surface area contributed by atoms with Crippen molar-refractivity contribution < 1.29 is 18.0 Å². The predicted octanol–water partition coefficient (Wildman–Crippen LogP) is 3.20. The molecule has 1 aliphatic heterocycles. The Bertz CT molecular complexity index is 967. The van der Waals surface area contributed by atoms with Crippen molar-refractivity contribution in [2.75, 3.05) is 37.7 Å². The predicted molar refractivity (Wildman–Crippen MR) is 105 cm³/mol. The number of hydrogen-bond donors (Lipinski definition) is 0. The maximum atomic E-state index is 12.5. The van der Waals surface area contributed by atoms with Gasteiger partial charge in [0, 0.05) is 44.0 Å². The van der Waals surface area contributed by atoms with Gasteiger partial charge in [-0.3, -0.25) is 4.90 Å². The van der Waals surface area contributed by atoms with Gasteiger partial charge in [-0.15, -0.1) is 0 Å². The van der Waals surface area contributed by atoms with E-state index in [1.807, 2.05) is 32.0 Å². The van der Waals surface area contributed by atoms with E-state index < -0.39 is 13.0 Å². The van der Waals surface area contributed by atoms with Gasteiger partial charge in [0.2, 0.25) is 5.88 Å². The van der Waals surface area contributed by atoms with E-state index in [2.05, 4.69) is 24.9 Å². The molecule has 0 saturated carbocycles. The second-order valence-electron chi connectivity index (χ2n) is 7.15. The van der Waals surface area contributed by atoms with E-state index in [0.29, 0.717) is 10.9 Å². The van der Waals surface area contributed by atoms with Gasteiger partial charge in [0.1, 0.15) is 12.1 Å². The Morgan fingerprint density at radius 1 is 1.14 bits per heavy atom. The lowest BCUT2D eigenvalue weighted by Gasteiger charge is -2.36. The molecule has 9 heteroatoms. The number of alkyl halides is 2. The Morgan fingerprint density at radius 2 is 1.93 bits per heavy atom. The average molecular weight is 403 g/mol. The van der Waals surface area contributed by atoms with Crippen molar-refractivity contribution in [3.63, 3.8) is 0 Å². The molecule has 0 atom stereocenters. The number of ether oxygens (including phenoxy) is 1. The number of benzene rings is 1. The van der Waals surface area contributed by atoms with E-state index in [-0.39, 0.29) is 5.88 Å². The summed E-state index contributed by atoms with van der Waals surface area (Å²) in [5, 5.41) is 4.67. The van der Waals surface area contributed by atoms with Crippen LogP contribution in [0.4, 0.5) is 14.5 Å². The first-order valence-electron chi connectivity index (χ1n) is 9.56. The van der Waals surface area contributed by atoms with Gasteiger partial charge in [0.25, 0.3) is 6.43 Å². The molecule has 0 spiro atoms. The lowest BCUT2D eigenvalue weighted by Crippen LogP contribution is -2.46. The Balaban J connectivity index is 1.46. The van der Waals surface area contributed by atoms with Crippen molar-refractivity contribution in [3.8, 4) is 5.88 Å². The molecule has 0 amide bonds. The number of rotatable bonds is 6. The third-order valence-corrected chi connectivity index (χ3v) is 5.23. The molecule has 1 aliphatic rings. The topological polar surface area (TPSA) is 67.5 Å². The van der Waals surface area contributed by atoms with Crippen molar-refractivity contribution in [1.29, 1.82) is 0 Å². The Morgan fingerprint density at radius 3 is 2.62 bits per heavy atom. The summed E-state index contributed by atoms with van der Waals surface area (Å²) in [7, 11) is 0. The fraction of sp³-hybridized carbons (Fsp3) is 0.450. The maximum absolute atomic E-state index is 12.5. The summed E-state index contributed by atoms with van der Waals surface area (Å²) in [4.78, 5) is 12.9. The first-order valence-corrected chi connectivity index (χ1v) is 9.56. The number of nitrogens with zero attached hydrogens (tertiary/aromatic N) is 5. The van der Waals surface area contributed by atoms with Gasteiger partial charge in [0.05, 0.1) is 16.6 Å². The summed E-state index contributed by atoms with van der Waals surface area (Å²) in [6.45, 7) is 7.57. The minimum absolute atomic E-state index is 0.189. The summed E-state index contributed by atoms with van der Waals surface area (Å²) in [5.41, 5.74) is 3.77. The van der Waals surface area contributed by atoms with Crippen LogP contribution in [0.25, 0.3) is 10.9 Å². The van der Waals surface area contributed by atoms with Crippen LogP contribution in [0.1, 0.15) is 17.0 Å². The highest BCUT2D eigenvalue weighted by Gasteiger charge is 2.21. The fourth-order valence-electron chi connectivity index (χ4n) is 3.59. The van der Waals surface area contributed by atoms with E-state index in [1.54, 1.807) is 0 Å².